The molecule has 0 amide bonds. The molecule has 2 rings (SSSR count). The molecule has 19 heavy (non-hydrogen) atoms. The van der Waals surface area contributed by atoms with Crippen LogP contribution in [0.15, 0.2) is 16.7 Å². The summed E-state index contributed by atoms with van der Waals surface area (Å²) < 4.78 is 28.3. The third-order valence-electron chi connectivity index (χ3n) is 3.38. The van der Waals surface area contributed by atoms with Crippen molar-refractivity contribution >= 4 is 9.84 Å². The molecule has 0 aliphatic carbocycles. The van der Waals surface area contributed by atoms with Crippen molar-refractivity contribution < 1.29 is 12.8 Å². The Balaban J connectivity index is 1.87. The average molecular weight is 286 g/mol. The van der Waals surface area contributed by atoms with Crippen molar-refractivity contribution in [3.05, 3.63) is 23.7 Å². The van der Waals surface area contributed by atoms with Gasteiger partial charge in [0.25, 0.3) is 0 Å². The molecular formula is C13H22N2O3S. The number of sulfone groups is 1. The molecule has 1 aromatic rings. The number of rotatable bonds is 6. The van der Waals surface area contributed by atoms with Gasteiger partial charge < -0.3 is 9.73 Å². The maximum atomic E-state index is 11.4. The first kappa shape index (κ1) is 14.6. The van der Waals surface area contributed by atoms with E-state index >= 15 is 0 Å². The molecule has 0 radical (unpaired) electrons. The van der Waals surface area contributed by atoms with E-state index in [9.17, 15) is 8.42 Å². The first-order chi connectivity index (χ1) is 9.11. The molecule has 1 aliphatic heterocycles. The lowest BCUT2D eigenvalue weighted by molar-refractivity contribution is 0.261. The quantitative estimate of drug-likeness (QED) is 0.791. The van der Waals surface area contributed by atoms with Crippen LogP contribution in [0.4, 0.5) is 0 Å². The smallest absolute Gasteiger partial charge is 0.152 e. The minimum absolute atomic E-state index is 0.261. The zero-order chi connectivity index (χ0) is 13.7. The van der Waals surface area contributed by atoms with Crippen molar-refractivity contribution in [3.63, 3.8) is 0 Å². The maximum absolute atomic E-state index is 11.4. The fourth-order valence-corrected chi connectivity index (χ4v) is 3.45. The van der Waals surface area contributed by atoms with Crippen molar-refractivity contribution in [2.24, 2.45) is 0 Å². The second kappa shape index (κ2) is 6.54. The highest BCUT2D eigenvalue weighted by atomic mass is 32.2. The summed E-state index contributed by atoms with van der Waals surface area (Å²) in [6, 6.07) is 1.98. The zero-order valence-electron chi connectivity index (χ0n) is 11.4. The summed E-state index contributed by atoms with van der Waals surface area (Å²) in [6.07, 6.45) is 2.82. The third kappa shape index (κ3) is 4.33. The lowest BCUT2D eigenvalue weighted by atomic mass is 10.2. The van der Waals surface area contributed by atoms with Gasteiger partial charge in [-0.2, -0.15) is 0 Å². The van der Waals surface area contributed by atoms with Gasteiger partial charge in [-0.15, -0.1) is 0 Å². The van der Waals surface area contributed by atoms with Crippen molar-refractivity contribution in [2.45, 2.75) is 26.4 Å². The highest BCUT2D eigenvalue weighted by Crippen LogP contribution is 2.15. The molecule has 0 unspecified atom stereocenters. The van der Waals surface area contributed by atoms with Gasteiger partial charge in [0.05, 0.1) is 24.3 Å². The molecule has 1 aromatic heterocycles. The molecule has 0 aromatic carbocycles. The second-order valence-electron chi connectivity index (χ2n) is 4.97. The van der Waals surface area contributed by atoms with Crippen LogP contribution in [-0.2, 0) is 22.9 Å². The number of nitrogens with zero attached hydrogens (tertiary/aromatic N) is 1. The van der Waals surface area contributed by atoms with Crippen LogP contribution in [0.5, 0.6) is 0 Å². The highest BCUT2D eigenvalue weighted by Gasteiger charge is 2.22. The molecule has 0 saturated carbocycles. The molecule has 1 N–H and O–H groups in total. The van der Waals surface area contributed by atoms with Crippen molar-refractivity contribution in [1.82, 2.24) is 10.2 Å². The molecule has 0 bridgehead atoms. The summed E-state index contributed by atoms with van der Waals surface area (Å²) in [5, 5.41) is 3.35. The summed E-state index contributed by atoms with van der Waals surface area (Å²) in [5.74, 6) is 1.47. The van der Waals surface area contributed by atoms with Crippen LogP contribution in [-0.4, -0.2) is 44.5 Å². The first-order valence-corrected chi connectivity index (χ1v) is 8.61. The first-order valence-electron chi connectivity index (χ1n) is 6.79. The summed E-state index contributed by atoms with van der Waals surface area (Å²) in [4.78, 5) is 2.14. The minimum Gasteiger partial charge on any atom is -0.468 e. The van der Waals surface area contributed by atoms with Gasteiger partial charge in [-0.3, -0.25) is 4.90 Å². The fourth-order valence-electron chi connectivity index (χ4n) is 2.17. The monoisotopic (exact) mass is 286 g/mol. The van der Waals surface area contributed by atoms with E-state index in [0.29, 0.717) is 19.6 Å². The van der Waals surface area contributed by atoms with Crippen LogP contribution < -0.4 is 5.32 Å². The van der Waals surface area contributed by atoms with Gasteiger partial charge in [0, 0.05) is 25.2 Å². The topological polar surface area (TPSA) is 62.6 Å². The number of hydrogen-bond donors (Lipinski definition) is 1. The molecule has 0 spiro atoms. The van der Waals surface area contributed by atoms with Gasteiger partial charge in [0.2, 0.25) is 0 Å². The van der Waals surface area contributed by atoms with Gasteiger partial charge in [-0.1, -0.05) is 6.92 Å². The van der Waals surface area contributed by atoms with Crippen LogP contribution in [0.1, 0.15) is 24.7 Å². The second-order valence-corrected chi connectivity index (χ2v) is 7.28. The van der Waals surface area contributed by atoms with E-state index in [1.54, 1.807) is 6.26 Å². The van der Waals surface area contributed by atoms with Crippen LogP contribution >= 0.6 is 0 Å². The summed E-state index contributed by atoms with van der Waals surface area (Å²) in [5.41, 5.74) is 1.17. The Labute approximate surface area is 114 Å². The van der Waals surface area contributed by atoms with Gasteiger partial charge in [0.15, 0.2) is 9.84 Å². The SMILES string of the molecule is CCCNCc1ccoc1CN1CCS(=O)(=O)CC1. The Morgan fingerprint density at radius 2 is 2.11 bits per heavy atom. The molecule has 6 heteroatoms. The third-order valence-corrected chi connectivity index (χ3v) is 4.99. The highest BCUT2D eigenvalue weighted by molar-refractivity contribution is 7.91. The Morgan fingerprint density at radius 1 is 1.37 bits per heavy atom. The van der Waals surface area contributed by atoms with Gasteiger partial charge >= 0.3 is 0 Å². The lowest BCUT2D eigenvalue weighted by Crippen LogP contribution is -2.39. The van der Waals surface area contributed by atoms with E-state index in [-0.39, 0.29) is 11.5 Å². The summed E-state index contributed by atoms with van der Waals surface area (Å²) in [6.45, 7) is 5.84. The maximum Gasteiger partial charge on any atom is 0.152 e. The number of nitrogens with one attached hydrogen (secondary N) is 1. The number of hydrogen-bond acceptors (Lipinski definition) is 5. The van der Waals surface area contributed by atoms with E-state index < -0.39 is 9.84 Å². The van der Waals surface area contributed by atoms with E-state index in [4.69, 9.17) is 4.42 Å². The van der Waals surface area contributed by atoms with E-state index in [2.05, 4.69) is 17.1 Å². The molecule has 1 fully saturated rings. The van der Waals surface area contributed by atoms with Crippen molar-refractivity contribution in [2.75, 3.05) is 31.1 Å². The van der Waals surface area contributed by atoms with Gasteiger partial charge in [-0.25, -0.2) is 8.42 Å². The molecule has 0 atom stereocenters. The molecule has 2 heterocycles. The Hall–Kier alpha value is -0.850. The van der Waals surface area contributed by atoms with Crippen molar-refractivity contribution in [1.29, 1.82) is 0 Å². The van der Waals surface area contributed by atoms with Gasteiger partial charge in [0.1, 0.15) is 5.76 Å². The molecule has 1 saturated heterocycles. The molecule has 5 nitrogen and oxygen atoms in total. The standard InChI is InChI=1S/C13H22N2O3S/c1-2-4-14-10-12-3-7-18-13(12)11-15-5-8-19(16,17)9-6-15/h3,7,14H,2,4-6,8-11H2,1H3. The van der Waals surface area contributed by atoms with E-state index in [1.807, 2.05) is 6.07 Å². The fraction of sp³-hybridized carbons (Fsp3) is 0.692. The van der Waals surface area contributed by atoms with Crippen molar-refractivity contribution in [3.8, 4) is 0 Å². The Kier molecular flexibility index (Phi) is 5.01. The van der Waals surface area contributed by atoms with Gasteiger partial charge in [-0.05, 0) is 19.0 Å². The minimum atomic E-state index is -2.81. The molecular weight excluding hydrogens is 264 g/mol. The van der Waals surface area contributed by atoms with Crippen LogP contribution in [0.2, 0.25) is 0 Å². The Morgan fingerprint density at radius 3 is 2.79 bits per heavy atom. The molecule has 108 valence electrons. The van der Waals surface area contributed by atoms with Crippen LogP contribution in [0.25, 0.3) is 0 Å². The van der Waals surface area contributed by atoms with E-state index in [1.165, 1.54) is 5.56 Å². The van der Waals surface area contributed by atoms with Crippen LogP contribution in [0.3, 0.4) is 0 Å². The largest absolute Gasteiger partial charge is 0.468 e. The van der Waals surface area contributed by atoms with E-state index in [0.717, 1.165) is 25.3 Å². The lowest BCUT2D eigenvalue weighted by Gasteiger charge is -2.25. The predicted octanol–water partition coefficient (Wildman–Crippen LogP) is 1.01. The number of furan rings is 1. The van der Waals surface area contributed by atoms with Crippen LogP contribution in [0, 0.1) is 0 Å². The normalized spacial score (nSPS) is 19.6. The summed E-state index contributed by atoms with van der Waals surface area (Å²) in [7, 11) is -2.81. The predicted molar refractivity (Wildman–Crippen MR) is 74.6 cm³/mol. The summed E-state index contributed by atoms with van der Waals surface area (Å²) >= 11 is 0. The zero-order valence-corrected chi connectivity index (χ0v) is 12.2. The average Bonchev–Trinajstić information content (AvgIpc) is 2.80. The Bertz CT molecular complexity index is 482. The molecule has 1 aliphatic rings.